The molecule has 26 heavy (non-hydrogen) atoms. The minimum atomic E-state index is -4.54. The summed E-state index contributed by atoms with van der Waals surface area (Å²) in [4.78, 5) is 2.88. The number of hydrogen-bond donors (Lipinski definition) is 2. The number of rotatable bonds is 7. The van der Waals surface area contributed by atoms with E-state index >= 15 is 0 Å². The molecule has 2 N–H and O–H groups in total. The Morgan fingerprint density at radius 2 is 1.27 bits per heavy atom. The summed E-state index contributed by atoms with van der Waals surface area (Å²) < 4.78 is 73.3. The lowest BCUT2D eigenvalue weighted by atomic mass is 10.2. The number of aryl methyl sites for hydroxylation is 1. The highest BCUT2D eigenvalue weighted by Gasteiger charge is 2.32. The average molecular weight is 420 g/mol. The first-order valence-corrected chi connectivity index (χ1v) is 11.9. The molecular formula is C14H17N3O6S3. The molecule has 0 heterocycles. The zero-order valence-corrected chi connectivity index (χ0v) is 16.3. The molecule has 0 aliphatic heterocycles. The maximum atomic E-state index is 12.7. The van der Waals surface area contributed by atoms with Crippen molar-refractivity contribution in [3.63, 3.8) is 0 Å². The van der Waals surface area contributed by atoms with Crippen molar-refractivity contribution in [2.75, 3.05) is 6.26 Å². The summed E-state index contributed by atoms with van der Waals surface area (Å²) in [6, 6.07) is 12.4. The van der Waals surface area contributed by atoms with E-state index in [2.05, 4.69) is 0 Å². The Morgan fingerprint density at radius 1 is 0.731 bits per heavy atom. The van der Waals surface area contributed by atoms with Crippen LogP contribution >= 0.6 is 0 Å². The quantitative estimate of drug-likeness (QED) is 0.623. The van der Waals surface area contributed by atoms with Gasteiger partial charge in [-0.05, 0) is 35.7 Å². The average Bonchev–Trinajstić information content (AvgIpc) is 2.54. The monoisotopic (exact) mass is 419 g/mol. The predicted molar refractivity (Wildman–Crippen MR) is 94.9 cm³/mol. The van der Waals surface area contributed by atoms with Crippen LogP contribution in [0.4, 0.5) is 0 Å². The van der Waals surface area contributed by atoms with Crippen LogP contribution < -0.4 is 9.66 Å². The number of benzene rings is 2. The lowest BCUT2D eigenvalue weighted by molar-refractivity contribution is 0.345. The maximum absolute atomic E-state index is 12.7. The molecule has 0 atom stereocenters. The van der Waals surface area contributed by atoms with Gasteiger partial charge >= 0.3 is 0 Å². The molecule has 0 aromatic heterocycles. The molecule has 0 saturated carbocycles. The van der Waals surface area contributed by atoms with Crippen LogP contribution in [0.25, 0.3) is 0 Å². The SMILES string of the molecule is Cc1ccc(S(=O)(=O)N(NS(C)(=O)=O)NS(=O)(=O)c2ccccc2)cc1. The predicted octanol–water partition coefficient (Wildman–Crippen LogP) is 0.343. The molecule has 9 nitrogen and oxygen atoms in total. The van der Waals surface area contributed by atoms with Crippen LogP contribution in [0.2, 0.25) is 0 Å². The van der Waals surface area contributed by atoms with Crippen molar-refractivity contribution < 1.29 is 25.3 Å². The first-order chi connectivity index (χ1) is 11.9. The van der Waals surface area contributed by atoms with Crippen molar-refractivity contribution in [1.82, 2.24) is 14.2 Å². The molecule has 2 aromatic carbocycles. The Balaban J connectivity index is 2.49. The van der Waals surface area contributed by atoms with Gasteiger partial charge in [0.2, 0.25) is 10.0 Å². The highest BCUT2D eigenvalue weighted by atomic mass is 32.2. The fraction of sp³-hybridized carbons (Fsp3) is 0.143. The van der Waals surface area contributed by atoms with Gasteiger partial charge in [-0.15, -0.1) is 9.66 Å². The number of nitrogens with zero attached hydrogens (tertiary/aromatic N) is 1. The van der Waals surface area contributed by atoms with Crippen LogP contribution in [-0.4, -0.2) is 36.0 Å². The summed E-state index contributed by atoms with van der Waals surface area (Å²) >= 11 is 0. The lowest BCUT2D eigenvalue weighted by Gasteiger charge is -2.22. The summed E-state index contributed by atoms with van der Waals surface area (Å²) in [6.07, 6.45) is 0.696. The smallest absolute Gasteiger partial charge is 0.211 e. The summed E-state index contributed by atoms with van der Waals surface area (Å²) in [5, 5.41) is 0. The van der Waals surface area contributed by atoms with Crippen LogP contribution in [0.5, 0.6) is 0 Å². The summed E-state index contributed by atoms with van der Waals surface area (Å²) in [7, 11) is -13.0. The Labute approximate surface area is 152 Å². The third kappa shape index (κ3) is 5.09. The van der Waals surface area contributed by atoms with Gasteiger partial charge in [0.15, 0.2) is 0 Å². The van der Waals surface area contributed by atoms with Crippen LogP contribution in [0.1, 0.15) is 5.56 Å². The molecule has 0 bridgehead atoms. The van der Waals surface area contributed by atoms with Crippen molar-refractivity contribution in [1.29, 1.82) is 0 Å². The Bertz CT molecular complexity index is 1080. The van der Waals surface area contributed by atoms with Gasteiger partial charge in [0.1, 0.15) is 0 Å². The molecule has 0 saturated heterocycles. The molecule has 0 aliphatic carbocycles. The topological polar surface area (TPSA) is 130 Å². The molecule has 2 aromatic rings. The van der Waals surface area contributed by atoms with E-state index in [1.54, 1.807) is 22.7 Å². The van der Waals surface area contributed by atoms with Gasteiger partial charge in [-0.25, -0.2) is 25.3 Å². The zero-order valence-electron chi connectivity index (χ0n) is 13.8. The van der Waals surface area contributed by atoms with Crippen molar-refractivity contribution in [2.24, 2.45) is 0 Å². The molecule has 0 radical (unpaired) electrons. The van der Waals surface area contributed by atoms with Crippen molar-refractivity contribution in [3.05, 3.63) is 60.2 Å². The van der Waals surface area contributed by atoms with Crippen molar-refractivity contribution in [3.8, 4) is 0 Å². The van der Waals surface area contributed by atoms with E-state index in [0.29, 0.717) is 6.26 Å². The molecule has 142 valence electrons. The van der Waals surface area contributed by atoms with E-state index in [9.17, 15) is 25.3 Å². The molecule has 2 rings (SSSR count). The molecule has 12 heteroatoms. The fourth-order valence-electron chi connectivity index (χ4n) is 1.84. The van der Waals surface area contributed by atoms with Gasteiger partial charge in [0.05, 0.1) is 16.0 Å². The number of hydrazine groups is 2. The van der Waals surface area contributed by atoms with Crippen LogP contribution in [0.15, 0.2) is 64.4 Å². The summed E-state index contributed by atoms with van der Waals surface area (Å²) in [5.41, 5.74) is 0.774. The molecule has 0 amide bonds. The van der Waals surface area contributed by atoms with Gasteiger partial charge in [0, 0.05) is 0 Å². The second-order valence-corrected chi connectivity index (χ2v) is 10.5. The van der Waals surface area contributed by atoms with Gasteiger partial charge in [-0.2, -0.15) is 0 Å². The van der Waals surface area contributed by atoms with Crippen molar-refractivity contribution in [2.45, 2.75) is 16.7 Å². The standard InChI is InChI=1S/C14H17N3O6S3/c1-12-8-10-14(11-9-12)26(22,23)17(15-24(2,18)19)16-25(20,21)13-6-4-3-5-7-13/h3-11,15-16H,1-2H3. The highest BCUT2D eigenvalue weighted by Crippen LogP contribution is 2.16. The maximum Gasteiger partial charge on any atom is 0.271 e. The minimum absolute atomic E-state index is 0.0324. The number of nitrogens with one attached hydrogen (secondary N) is 2. The fourth-order valence-corrected chi connectivity index (χ4v) is 5.31. The second kappa shape index (κ2) is 7.42. The Morgan fingerprint density at radius 3 is 1.77 bits per heavy atom. The first-order valence-electron chi connectivity index (χ1n) is 7.09. The number of sulfonamides is 3. The van der Waals surface area contributed by atoms with Crippen LogP contribution in [0.3, 0.4) is 0 Å². The van der Waals surface area contributed by atoms with Gasteiger partial charge < -0.3 is 0 Å². The van der Waals surface area contributed by atoms with E-state index < -0.39 is 30.1 Å². The van der Waals surface area contributed by atoms with Gasteiger partial charge in [0.25, 0.3) is 20.0 Å². The van der Waals surface area contributed by atoms with E-state index in [1.807, 2.05) is 0 Å². The minimum Gasteiger partial charge on any atom is -0.211 e. The van der Waals surface area contributed by atoms with Crippen LogP contribution in [0, 0.1) is 6.92 Å². The first kappa shape index (κ1) is 20.5. The second-order valence-electron chi connectivity index (χ2n) is 5.35. The van der Waals surface area contributed by atoms with E-state index in [0.717, 1.165) is 5.56 Å². The van der Waals surface area contributed by atoms with Gasteiger partial charge in [-0.3, -0.25) is 0 Å². The van der Waals surface area contributed by atoms with Gasteiger partial charge in [-0.1, -0.05) is 35.9 Å². The third-order valence-corrected chi connectivity index (χ3v) is 6.66. The lowest BCUT2D eigenvalue weighted by Crippen LogP contribution is -2.55. The molecule has 0 aliphatic rings. The highest BCUT2D eigenvalue weighted by molar-refractivity contribution is 7.93. The molecule has 0 fully saturated rings. The van der Waals surface area contributed by atoms with Crippen LogP contribution in [-0.2, 0) is 30.1 Å². The Kier molecular flexibility index (Phi) is 5.85. The van der Waals surface area contributed by atoms with E-state index in [-0.39, 0.29) is 14.3 Å². The van der Waals surface area contributed by atoms with Crippen molar-refractivity contribution >= 4 is 30.1 Å². The molecular weight excluding hydrogens is 402 g/mol. The zero-order chi connectivity index (χ0) is 19.6. The van der Waals surface area contributed by atoms with E-state index in [4.69, 9.17) is 0 Å². The Hall–Kier alpha value is -1.83. The summed E-state index contributed by atoms with van der Waals surface area (Å²) in [6.45, 7) is 1.74. The summed E-state index contributed by atoms with van der Waals surface area (Å²) in [5.74, 6) is 0. The normalized spacial score (nSPS) is 13.0. The molecule has 0 spiro atoms. The largest absolute Gasteiger partial charge is 0.271 e. The third-order valence-electron chi connectivity index (χ3n) is 3.06. The van der Waals surface area contributed by atoms with E-state index in [1.165, 1.54) is 48.5 Å². The number of hydrogen-bond acceptors (Lipinski definition) is 6. The molecule has 0 unspecified atom stereocenters.